The monoisotopic (exact) mass is 400 g/mol. The number of aryl methyl sites for hydroxylation is 1. The summed E-state index contributed by atoms with van der Waals surface area (Å²) < 4.78 is 0. The summed E-state index contributed by atoms with van der Waals surface area (Å²) in [4.78, 5) is 26.1. The predicted molar refractivity (Wildman–Crippen MR) is 120 cm³/mol. The van der Waals surface area contributed by atoms with Gasteiger partial charge in [0.25, 0.3) is 5.91 Å². The van der Waals surface area contributed by atoms with E-state index >= 15 is 0 Å². The van der Waals surface area contributed by atoms with E-state index in [1.165, 1.54) is 0 Å². The van der Waals surface area contributed by atoms with Crippen LogP contribution in [0.2, 0.25) is 0 Å². The zero-order valence-electron chi connectivity index (χ0n) is 17.6. The quantitative estimate of drug-likeness (QED) is 0.606. The lowest BCUT2D eigenvalue weighted by Gasteiger charge is -2.26. The van der Waals surface area contributed by atoms with Gasteiger partial charge in [-0.3, -0.25) is 9.59 Å². The van der Waals surface area contributed by atoms with E-state index in [1.54, 1.807) is 6.07 Å². The standard InChI is InChI=1S/C26H28N2O2/c1-18(2)23(27-25(29)22-17-11-10-12-19(22)3)26(30)28-24(20-13-6-4-7-14-20)21-15-8-5-9-16-21/h4-18,23-24H,1-3H3,(H,27,29)(H,28,30)/t23-/m0/s1. The second-order valence-corrected chi connectivity index (χ2v) is 7.77. The fraction of sp³-hybridized carbons (Fsp3) is 0.231. The Balaban J connectivity index is 1.83. The van der Waals surface area contributed by atoms with Crippen LogP contribution < -0.4 is 10.6 Å². The first-order valence-electron chi connectivity index (χ1n) is 10.2. The Labute approximate surface area is 178 Å². The molecule has 0 heterocycles. The zero-order valence-corrected chi connectivity index (χ0v) is 17.6. The van der Waals surface area contributed by atoms with Crippen molar-refractivity contribution in [2.75, 3.05) is 0 Å². The number of benzene rings is 3. The number of nitrogens with one attached hydrogen (secondary N) is 2. The fourth-order valence-corrected chi connectivity index (χ4v) is 3.46. The molecule has 3 rings (SSSR count). The smallest absolute Gasteiger partial charge is 0.252 e. The van der Waals surface area contributed by atoms with E-state index in [0.29, 0.717) is 5.56 Å². The summed E-state index contributed by atoms with van der Waals surface area (Å²) in [6.07, 6.45) is 0. The van der Waals surface area contributed by atoms with Crippen LogP contribution in [0.1, 0.15) is 46.9 Å². The highest BCUT2D eigenvalue weighted by Gasteiger charge is 2.28. The average Bonchev–Trinajstić information content (AvgIpc) is 2.76. The van der Waals surface area contributed by atoms with Gasteiger partial charge >= 0.3 is 0 Å². The first kappa shape index (κ1) is 21.3. The molecule has 2 amide bonds. The second-order valence-electron chi connectivity index (χ2n) is 7.77. The molecule has 0 unspecified atom stereocenters. The van der Waals surface area contributed by atoms with Crippen LogP contribution in [0.5, 0.6) is 0 Å². The molecule has 0 aliphatic carbocycles. The maximum absolute atomic E-state index is 13.3. The summed E-state index contributed by atoms with van der Waals surface area (Å²) in [6, 6.07) is 26.1. The third kappa shape index (κ3) is 5.15. The first-order valence-corrected chi connectivity index (χ1v) is 10.2. The number of rotatable bonds is 7. The molecule has 154 valence electrons. The Bertz CT molecular complexity index is 945. The third-order valence-corrected chi connectivity index (χ3v) is 5.18. The molecule has 0 aromatic heterocycles. The van der Waals surface area contributed by atoms with Gasteiger partial charge in [0.2, 0.25) is 5.91 Å². The molecule has 0 fully saturated rings. The molecule has 0 spiro atoms. The molecule has 0 saturated heterocycles. The van der Waals surface area contributed by atoms with Crippen molar-refractivity contribution in [2.45, 2.75) is 32.9 Å². The van der Waals surface area contributed by atoms with Gasteiger partial charge in [-0.2, -0.15) is 0 Å². The molecule has 4 nitrogen and oxygen atoms in total. The Hall–Kier alpha value is -3.40. The van der Waals surface area contributed by atoms with Crippen molar-refractivity contribution in [3.05, 3.63) is 107 Å². The summed E-state index contributed by atoms with van der Waals surface area (Å²) in [5.74, 6) is -0.507. The van der Waals surface area contributed by atoms with E-state index < -0.39 is 6.04 Å². The van der Waals surface area contributed by atoms with Gasteiger partial charge in [0, 0.05) is 5.56 Å². The van der Waals surface area contributed by atoms with E-state index in [9.17, 15) is 9.59 Å². The highest BCUT2D eigenvalue weighted by molar-refractivity contribution is 5.98. The van der Waals surface area contributed by atoms with Crippen molar-refractivity contribution in [2.24, 2.45) is 5.92 Å². The molecule has 0 bridgehead atoms. The van der Waals surface area contributed by atoms with Crippen LogP contribution in [0.15, 0.2) is 84.9 Å². The van der Waals surface area contributed by atoms with Crippen molar-refractivity contribution in [1.29, 1.82) is 0 Å². The van der Waals surface area contributed by atoms with Crippen molar-refractivity contribution in [3.8, 4) is 0 Å². The maximum Gasteiger partial charge on any atom is 0.252 e. The van der Waals surface area contributed by atoms with E-state index in [0.717, 1.165) is 16.7 Å². The van der Waals surface area contributed by atoms with Gasteiger partial charge < -0.3 is 10.6 Å². The Morgan fingerprint density at radius 3 is 1.70 bits per heavy atom. The lowest BCUT2D eigenvalue weighted by atomic mass is 9.96. The van der Waals surface area contributed by atoms with Crippen LogP contribution in [0, 0.1) is 12.8 Å². The number of amides is 2. The average molecular weight is 401 g/mol. The van der Waals surface area contributed by atoms with Crippen LogP contribution in [0.3, 0.4) is 0 Å². The van der Waals surface area contributed by atoms with Gasteiger partial charge in [-0.05, 0) is 35.6 Å². The highest BCUT2D eigenvalue weighted by atomic mass is 16.2. The number of hydrogen-bond acceptors (Lipinski definition) is 2. The van der Waals surface area contributed by atoms with E-state index in [4.69, 9.17) is 0 Å². The van der Waals surface area contributed by atoms with Crippen molar-refractivity contribution < 1.29 is 9.59 Å². The van der Waals surface area contributed by atoms with Gasteiger partial charge in [0.15, 0.2) is 0 Å². The molecular formula is C26H28N2O2. The predicted octanol–water partition coefficient (Wildman–Crippen LogP) is 4.66. The molecule has 2 N–H and O–H groups in total. The largest absolute Gasteiger partial charge is 0.343 e. The molecule has 3 aromatic rings. The van der Waals surface area contributed by atoms with E-state index in [-0.39, 0.29) is 23.8 Å². The molecule has 0 radical (unpaired) electrons. The summed E-state index contributed by atoms with van der Waals surface area (Å²) in [5.41, 5.74) is 3.44. The zero-order chi connectivity index (χ0) is 21.5. The van der Waals surface area contributed by atoms with Crippen molar-refractivity contribution in [1.82, 2.24) is 10.6 Å². The normalized spacial score (nSPS) is 11.9. The van der Waals surface area contributed by atoms with Gasteiger partial charge in [-0.1, -0.05) is 92.7 Å². The summed E-state index contributed by atoms with van der Waals surface area (Å²) in [7, 11) is 0. The first-order chi connectivity index (χ1) is 14.5. The molecule has 4 heteroatoms. The SMILES string of the molecule is Cc1ccccc1C(=O)N[C@H](C(=O)NC(c1ccccc1)c1ccccc1)C(C)C. The second kappa shape index (κ2) is 9.88. The van der Waals surface area contributed by atoms with Crippen LogP contribution in [0.25, 0.3) is 0 Å². The summed E-state index contributed by atoms with van der Waals surface area (Å²) in [5, 5.41) is 6.08. The lowest BCUT2D eigenvalue weighted by Crippen LogP contribution is -2.50. The fourth-order valence-electron chi connectivity index (χ4n) is 3.46. The highest BCUT2D eigenvalue weighted by Crippen LogP contribution is 2.22. The Morgan fingerprint density at radius 2 is 1.20 bits per heavy atom. The van der Waals surface area contributed by atoms with Gasteiger partial charge in [-0.15, -0.1) is 0 Å². The van der Waals surface area contributed by atoms with Gasteiger partial charge in [-0.25, -0.2) is 0 Å². The topological polar surface area (TPSA) is 58.2 Å². The number of hydrogen-bond donors (Lipinski definition) is 2. The Morgan fingerprint density at radius 1 is 0.700 bits per heavy atom. The molecule has 0 aliphatic heterocycles. The van der Waals surface area contributed by atoms with Gasteiger partial charge in [0.1, 0.15) is 6.04 Å². The van der Waals surface area contributed by atoms with E-state index in [2.05, 4.69) is 10.6 Å². The van der Waals surface area contributed by atoms with Crippen molar-refractivity contribution >= 4 is 11.8 Å². The molecule has 0 saturated carbocycles. The van der Waals surface area contributed by atoms with Gasteiger partial charge in [0.05, 0.1) is 6.04 Å². The minimum Gasteiger partial charge on any atom is -0.343 e. The minimum absolute atomic E-state index is 0.0647. The van der Waals surface area contributed by atoms with E-state index in [1.807, 2.05) is 99.6 Å². The minimum atomic E-state index is -0.646. The maximum atomic E-state index is 13.3. The van der Waals surface area contributed by atoms with Crippen LogP contribution >= 0.6 is 0 Å². The molecule has 3 aromatic carbocycles. The molecule has 1 atom stereocenters. The van der Waals surface area contributed by atoms with Crippen LogP contribution in [-0.4, -0.2) is 17.9 Å². The number of carbonyl (C=O) groups is 2. The third-order valence-electron chi connectivity index (χ3n) is 5.18. The Kier molecular flexibility index (Phi) is 7.02. The molecule has 30 heavy (non-hydrogen) atoms. The van der Waals surface area contributed by atoms with Crippen LogP contribution in [-0.2, 0) is 4.79 Å². The lowest BCUT2D eigenvalue weighted by molar-refractivity contribution is -0.124. The molecular weight excluding hydrogens is 372 g/mol. The number of carbonyl (C=O) groups excluding carboxylic acids is 2. The molecule has 0 aliphatic rings. The summed E-state index contributed by atoms with van der Waals surface area (Å²) in [6.45, 7) is 5.75. The summed E-state index contributed by atoms with van der Waals surface area (Å²) >= 11 is 0. The van der Waals surface area contributed by atoms with Crippen molar-refractivity contribution in [3.63, 3.8) is 0 Å². The van der Waals surface area contributed by atoms with Crippen LogP contribution in [0.4, 0.5) is 0 Å².